The first-order valence-corrected chi connectivity index (χ1v) is 7.63. The molecule has 0 fully saturated rings. The molecular formula is C12H9Cl3N2O2S. The largest absolute Gasteiger partial charge is 0.482 e. The van der Waals surface area contributed by atoms with Crippen LogP contribution in [0.1, 0.15) is 5.69 Å². The molecule has 106 valence electrons. The molecule has 8 heteroatoms. The van der Waals surface area contributed by atoms with E-state index in [1.165, 1.54) is 11.3 Å². The summed E-state index contributed by atoms with van der Waals surface area (Å²) in [6.07, 6.45) is 0. The highest BCUT2D eigenvalue weighted by atomic mass is 35.5. The monoisotopic (exact) mass is 350 g/mol. The highest BCUT2D eigenvalue weighted by molar-refractivity contribution is 7.13. The Hall–Kier alpha value is -1.01. The van der Waals surface area contributed by atoms with Gasteiger partial charge in [-0.25, -0.2) is 4.98 Å². The Morgan fingerprint density at radius 3 is 2.85 bits per heavy atom. The average molecular weight is 352 g/mol. The number of carbonyl (C=O) groups is 1. The number of thiazole rings is 1. The van der Waals surface area contributed by atoms with Crippen LogP contribution < -0.4 is 10.1 Å². The molecule has 2 rings (SSSR count). The molecule has 0 radical (unpaired) electrons. The third-order valence-corrected chi connectivity index (χ3v) is 3.80. The van der Waals surface area contributed by atoms with E-state index >= 15 is 0 Å². The summed E-state index contributed by atoms with van der Waals surface area (Å²) in [5, 5.41) is 5.73. The van der Waals surface area contributed by atoms with E-state index in [1.54, 1.807) is 23.6 Å². The molecule has 0 spiro atoms. The second kappa shape index (κ2) is 7.13. The van der Waals surface area contributed by atoms with Gasteiger partial charge in [-0.3, -0.25) is 10.1 Å². The fraction of sp³-hybridized carbons (Fsp3) is 0.167. The normalized spacial score (nSPS) is 10.3. The number of nitrogens with one attached hydrogen (secondary N) is 1. The number of aromatic nitrogens is 1. The molecule has 1 amide bonds. The van der Waals surface area contributed by atoms with Crippen molar-refractivity contribution in [2.24, 2.45) is 0 Å². The zero-order valence-electron chi connectivity index (χ0n) is 10.0. The molecule has 20 heavy (non-hydrogen) atoms. The number of benzene rings is 1. The molecule has 4 nitrogen and oxygen atoms in total. The van der Waals surface area contributed by atoms with E-state index in [0.29, 0.717) is 32.5 Å². The van der Waals surface area contributed by atoms with Gasteiger partial charge in [0.25, 0.3) is 5.91 Å². The fourth-order valence-electron chi connectivity index (χ4n) is 1.32. The van der Waals surface area contributed by atoms with Gasteiger partial charge in [-0.05, 0) is 18.2 Å². The van der Waals surface area contributed by atoms with Gasteiger partial charge < -0.3 is 4.74 Å². The van der Waals surface area contributed by atoms with Crippen LogP contribution in [0.15, 0.2) is 23.6 Å². The van der Waals surface area contributed by atoms with Crippen molar-refractivity contribution in [2.45, 2.75) is 5.88 Å². The molecule has 0 aliphatic heterocycles. The molecule has 2 aromatic rings. The summed E-state index contributed by atoms with van der Waals surface area (Å²) in [6, 6.07) is 4.78. The zero-order chi connectivity index (χ0) is 14.5. The fourth-order valence-corrected chi connectivity index (χ4v) is 2.73. The van der Waals surface area contributed by atoms with Gasteiger partial charge >= 0.3 is 0 Å². The van der Waals surface area contributed by atoms with Crippen molar-refractivity contribution in [3.8, 4) is 5.75 Å². The third-order valence-electron chi connectivity index (χ3n) is 2.19. The number of rotatable bonds is 5. The lowest BCUT2D eigenvalue weighted by Crippen LogP contribution is -2.20. The minimum absolute atomic E-state index is 0.170. The number of ether oxygens (including phenoxy) is 1. The lowest BCUT2D eigenvalue weighted by molar-refractivity contribution is -0.118. The Labute approximate surface area is 134 Å². The summed E-state index contributed by atoms with van der Waals surface area (Å²) in [7, 11) is 0. The van der Waals surface area contributed by atoms with Gasteiger partial charge in [0, 0.05) is 10.4 Å². The van der Waals surface area contributed by atoms with Gasteiger partial charge in [-0.1, -0.05) is 23.2 Å². The first-order valence-electron chi connectivity index (χ1n) is 5.46. The predicted octanol–water partition coefficient (Wildman–Crippen LogP) is 4.21. The molecule has 0 bridgehead atoms. The van der Waals surface area contributed by atoms with Crippen LogP contribution in [-0.4, -0.2) is 17.5 Å². The smallest absolute Gasteiger partial charge is 0.264 e. The predicted molar refractivity (Wildman–Crippen MR) is 82.3 cm³/mol. The molecule has 1 heterocycles. The lowest BCUT2D eigenvalue weighted by Gasteiger charge is -2.07. The maximum atomic E-state index is 11.7. The minimum Gasteiger partial charge on any atom is -0.482 e. The first-order chi connectivity index (χ1) is 9.58. The van der Waals surface area contributed by atoms with Gasteiger partial charge in [0.2, 0.25) is 0 Å². The molecule has 0 aliphatic carbocycles. The summed E-state index contributed by atoms with van der Waals surface area (Å²) in [6.45, 7) is -0.170. The van der Waals surface area contributed by atoms with Crippen molar-refractivity contribution in [3.63, 3.8) is 0 Å². The van der Waals surface area contributed by atoms with Crippen LogP contribution in [-0.2, 0) is 10.7 Å². The molecule has 1 N–H and O–H groups in total. The SMILES string of the molecule is O=C(COc1ccc(Cl)cc1Cl)Nc1nc(CCl)cs1. The molecule has 0 unspecified atom stereocenters. The molecule has 0 aliphatic rings. The summed E-state index contributed by atoms with van der Waals surface area (Å²) >= 11 is 18.6. The van der Waals surface area contributed by atoms with E-state index in [9.17, 15) is 4.79 Å². The van der Waals surface area contributed by atoms with Crippen molar-refractivity contribution >= 4 is 57.2 Å². The van der Waals surface area contributed by atoms with Gasteiger partial charge in [0.05, 0.1) is 16.6 Å². The molecule has 1 aromatic carbocycles. The maximum Gasteiger partial charge on any atom is 0.264 e. The zero-order valence-corrected chi connectivity index (χ0v) is 13.1. The van der Waals surface area contributed by atoms with Crippen molar-refractivity contribution in [2.75, 3.05) is 11.9 Å². The van der Waals surface area contributed by atoms with Crippen molar-refractivity contribution < 1.29 is 9.53 Å². The van der Waals surface area contributed by atoms with Gasteiger partial charge in [0.15, 0.2) is 11.7 Å². The van der Waals surface area contributed by atoms with Crippen LogP contribution in [0.25, 0.3) is 0 Å². The highest BCUT2D eigenvalue weighted by Crippen LogP contribution is 2.27. The first kappa shape index (κ1) is 15.4. The molecule has 0 saturated carbocycles. The van der Waals surface area contributed by atoms with E-state index in [2.05, 4.69) is 10.3 Å². The Balaban J connectivity index is 1.88. The quantitative estimate of drug-likeness (QED) is 0.821. The van der Waals surface area contributed by atoms with Crippen LogP contribution in [0, 0.1) is 0 Å². The number of hydrogen-bond acceptors (Lipinski definition) is 4. The Bertz CT molecular complexity index is 618. The maximum absolute atomic E-state index is 11.7. The number of halogens is 3. The molecule has 0 saturated heterocycles. The van der Waals surface area contributed by atoms with E-state index in [4.69, 9.17) is 39.5 Å². The average Bonchev–Trinajstić information content (AvgIpc) is 2.85. The van der Waals surface area contributed by atoms with E-state index in [1.807, 2.05) is 0 Å². The Morgan fingerprint density at radius 1 is 1.40 bits per heavy atom. The van der Waals surface area contributed by atoms with Crippen LogP contribution in [0.4, 0.5) is 5.13 Å². The summed E-state index contributed by atoms with van der Waals surface area (Å²) in [4.78, 5) is 15.8. The number of anilines is 1. The Morgan fingerprint density at radius 2 is 2.20 bits per heavy atom. The number of amides is 1. The van der Waals surface area contributed by atoms with Crippen LogP contribution in [0.2, 0.25) is 10.0 Å². The van der Waals surface area contributed by atoms with E-state index < -0.39 is 0 Å². The lowest BCUT2D eigenvalue weighted by atomic mass is 10.3. The topological polar surface area (TPSA) is 51.2 Å². The second-order valence-electron chi connectivity index (χ2n) is 3.69. The van der Waals surface area contributed by atoms with Crippen molar-refractivity contribution in [3.05, 3.63) is 39.3 Å². The van der Waals surface area contributed by atoms with Crippen LogP contribution in [0.5, 0.6) is 5.75 Å². The number of hydrogen-bond donors (Lipinski definition) is 1. The van der Waals surface area contributed by atoms with Gasteiger partial charge in [0.1, 0.15) is 5.75 Å². The molecule has 1 aromatic heterocycles. The summed E-state index contributed by atoms with van der Waals surface area (Å²) in [5.74, 6) is 0.377. The van der Waals surface area contributed by atoms with Crippen molar-refractivity contribution in [1.82, 2.24) is 4.98 Å². The number of carbonyl (C=O) groups excluding carboxylic acids is 1. The van der Waals surface area contributed by atoms with Crippen LogP contribution in [0.3, 0.4) is 0 Å². The highest BCUT2D eigenvalue weighted by Gasteiger charge is 2.09. The summed E-state index contributed by atoms with van der Waals surface area (Å²) in [5.41, 5.74) is 0.716. The van der Waals surface area contributed by atoms with Crippen LogP contribution >= 0.6 is 46.1 Å². The van der Waals surface area contributed by atoms with E-state index in [0.717, 1.165) is 0 Å². The third kappa shape index (κ3) is 4.24. The van der Waals surface area contributed by atoms with Gasteiger partial charge in [-0.15, -0.1) is 22.9 Å². The van der Waals surface area contributed by atoms with Crippen molar-refractivity contribution in [1.29, 1.82) is 0 Å². The molecule has 0 atom stereocenters. The number of alkyl halides is 1. The number of nitrogens with zero attached hydrogens (tertiary/aromatic N) is 1. The minimum atomic E-state index is -0.327. The van der Waals surface area contributed by atoms with Gasteiger partial charge in [-0.2, -0.15) is 0 Å². The second-order valence-corrected chi connectivity index (χ2v) is 5.66. The Kier molecular flexibility index (Phi) is 5.48. The van der Waals surface area contributed by atoms with E-state index in [-0.39, 0.29) is 12.5 Å². The molecular weight excluding hydrogens is 343 g/mol. The standard InChI is InChI=1S/C12H9Cl3N2O2S/c13-4-8-6-20-12(16-8)17-11(18)5-19-10-2-1-7(14)3-9(10)15/h1-3,6H,4-5H2,(H,16,17,18). The summed E-state index contributed by atoms with van der Waals surface area (Å²) < 4.78 is 5.31.